The molecule has 3 N–H and O–H groups in total. The number of aryl methyl sites for hydroxylation is 1. The van der Waals surface area contributed by atoms with Gasteiger partial charge in [-0.05, 0) is 62.3 Å². The Balaban J connectivity index is 1.83. The zero-order valence-corrected chi connectivity index (χ0v) is 12.0. The van der Waals surface area contributed by atoms with Crippen molar-refractivity contribution in [2.45, 2.75) is 38.6 Å². The molecule has 1 aliphatic carbocycles. The summed E-state index contributed by atoms with van der Waals surface area (Å²) in [4.78, 5) is 0. The van der Waals surface area contributed by atoms with Crippen molar-refractivity contribution in [1.29, 1.82) is 0 Å². The number of nitrogens with one attached hydrogen (secondary N) is 1. The average molecular weight is 297 g/mol. The number of anilines is 1. The van der Waals surface area contributed by atoms with Gasteiger partial charge in [0, 0.05) is 22.7 Å². The molecule has 0 radical (unpaired) electrons. The summed E-state index contributed by atoms with van der Waals surface area (Å²) in [6, 6.07) is 6.87. The van der Waals surface area contributed by atoms with Crippen LogP contribution in [0.25, 0.3) is 0 Å². The van der Waals surface area contributed by atoms with Crippen molar-refractivity contribution in [2.24, 2.45) is 11.7 Å². The molecule has 0 saturated heterocycles. The van der Waals surface area contributed by atoms with Crippen LogP contribution in [0, 0.1) is 12.8 Å². The van der Waals surface area contributed by atoms with Gasteiger partial charge in [0.2, 0.25) is 0 Å². The summed E-state index contributed by atoms with van der Waals surface area (Å²) in [5.74, 6) is 0.791. The third kappa shape index (κ3) is 3.71. The Morgan fingerprint density at radius 3 is 2.65 bits per heavy atom. The molecule has 2 rings (SSSR count). The Bertz CT molecular complexity index is 370. The molecule has 1 aromatic rings. The lowest BCUT2D eigenvalue weighted by atomic mass is 9.86. The average Bonchev–Trinajstić information content (AvgIpc) is 2.33. The molecule has 0 atom stereocenters. The first-order chi connectivity index (χ1) is 8.15. The quantitative estimate of drug-likeness (QED) is 0.893. The zero-order valence-electron chi connectivity index (χ0n) is 10.4. The van der Waals surface area contributed by atoms with Gasteiger partial charge in [0.25, 0.3) is 0 Å². The minimum Gasteiger partial charge on any atom is -0.385 e. The van der Waals surface area contributed by atoms with Gasteiger partial charge >= 0.3 is 0 Å². The molecule has 0 heterocycles. The summed E-state index contributed by atoms with van der Waals surface area (Å²) >= 11 is 3.52. The fourth-order valence-electron chi connectivity index (χ4n) is 2.41. The number of rotatable bonds is 3. The third-order valence-electron chi connectivity index (χ3n) is 3.64. The lowest BCUT2D eigenvalue weighted by Crippen LogP contribution is -2.29. The lowest BCUT2D eigenvalue weighted by Gasteiger charge is -2.26. The second kappa shape index (κ2) is 5.87. The van der Waals surface area contributed by atoms with Crippen LogP contribution >= 0.6 is 15.9 Å². The molecule has 3 heteroatoms. The number of halogens is 1. The minimum atomic E-state index is 0.446. The normalized spacial score (nSPS) is 24.6. The highest BCUT2D eigenvalue weighted by molar-refractivity contribution is 9.10. The molecule has 0 aromatic heterocycles. The third-order valence-corrected chi connectivity index (χ3v) is 4.53. The predicted molar refractivity (Wildman–Crippen MR) is 77.3 cm³/mol. The summed E-state index contributed by atoms with van der Waals surface area (Å²) in [6.07, 6.45) is 4.91. The first-order valence-electron chi connectivity index (χ1n) is 6.41. The van der Waals surface area contributed by atoms with Crippen molar-refractivity contribution in [3.05, 3.63) is 28.2 Å². The summed E-state index contributed by atoms with van der Waals surface area (Å²) in [7, 11) is 0. The highest BCUT2D eigenvalue weighted by atomic mass is 79.9. The number of benzene rings is 1. The molecular weight excluding hydrogens is 276 g/mol. The van der Waals surface area contributed by atoms with Crippen LogP contribution in [-0.2, 0) is 0 Å². The van der Waals surface area contributed by atoms with E-state index in [0.717, 1.165) is 12.5 Å². The fraction of sp³-hybridized carbons (Fsp3) is 0.571. The van der Waals surface area contributed by atoms with Crippen molar-refractivity contribution in [2.75, 3.05) is 11.9 Å². The van der Waals surface area contributed by atoms with Crippen molar-refractivity contribution in [1.82, 2.24) is 0 Å². The Morgan fingerprint density at radius 1 is 1.29 bits per heavy atom. The van der Waals surface area contributed by atoms with E-state index in [1.807, 2.05) is 0 Å². The maximum Gasteiger partial charge on any atom is 0.0343 e. The van der Waals surface area contributed by atoms with E-state index in [0.29, 0.717) is 6.04 Å². The molecule has 17 heavy (non-hydrogen) atoms. The summed E-state index contributed by atoms with van der Waals surface area (Å²) < 4.78 is 1.17. The van der Waals surface area contributed by atoms with Crippen molar-refractivity contribution in [3.63, 3.8) is 0 Å². The number of hydrogen-bond acceptors (Lipinski definition) is 2. The van der Waals surface area contributed by atoms with E-state index in [1.54, 1.807) is 0 Å². The molecule has 0 spiro atoms. The van der Waals surface area contributed by atoms with E-state index in [-0.39, 0.29) is 0 Å². The second-order valence-corrected chi connectivity index (χ2v) is 5.98. The fourth-order valence-corrected chi connectivity index (χ4v) is 2.66. The topological polar surface area (TPSA) is 38.0 Å². The van der Waals surface area contributed by atoms with Crippen LogP contribution in [0.1, 0.15) is 31.2 Å². The van der Waals surface area contributed by atoms with Gasteiger partial charge in [0.15, 0.2) is 0 Å². The van der Waals surface area contributed by atoms with Gasteiger partial charge in [-0.15, -0.1) is 0 Å². The van der Waals surface area contributed by atoms with Crippen LogP contribution in [0.3, 0.4) is 0 Å². The molecule has 0 amide bonds. The molecule has 1 aromatic carbocycles. The lowest BCUT2D eigenvalue weighted by molar-refractivity contribution is 0.339. The van der Waals surface area contributed by atoms with E-state index < -0.39 is 0 Å². The van der Waals surface area contributed by atoms with E-state index >= 15 is 0 Å². The summed E-state index contributed by atoms with van der Waals surface area (Å²) in [5, 5.41) is 3.54. The standard InChI is InChI=1S/C14H21BrN2/c1-10-8-13(6-7-14(10)15)17-9-11-2-4-12(16)5-3-11/h6-8,11-12,17H,2-5,9,16H2,1H3. The molecule has 0 bridgehead atoms. The van der Waals surface area contributed by atoms with Gasteiger partial charge in [-0.3, -0.25) is 0 Å². The molecule has 1 aliphatic rings. The highest BCUT2D eigenvalue weighted by Crippen LogP contribution is 2.24. The van der Waals surface area contributed by atoms with Crippen LogP contribution in [0.2, 0.25) is 0 Å². The predicted octanol–water partition coefficient (Wildman–Crippen LogP) is 3.69. The van der Waals surface area contributed by atoms with E-state index in [1.165, 1.54) is 41.4 Å². The van der Waals surface area contributed by atoms with Gasteiger partial charge < -0.3 is 11.1 Å². The number of hydrogen-bond donors (Lipinski definition) is 2. The Morgan fingerprint density at radius 2 is 2.00 bits per heavy atom. The summed E-state index contributed by atoms with van der Waals surface area (Å²) in [5.41, 5.74) is 8.42. The van der Waals surface area contributed by atoms with Gasteiger partial charge in [-0.25, -0.2) is 0 Å². The summed E-state index contributed by atoms with van der Waals surface area (Å²) in [6.45, 7) is 3.20. The van der Waals surface area contributed by atoms with E-state index in [2.05, 4.69) is 46.4 Å². The maximum atomic E-state index is 5.92. The first-order valence-corrected chi connectivity index (χ1v) is 7.20. The van der Waals surface area contributed by atoms with Crippen molar-refractivity contribution in [3.8, 4) is 0 Å². The maximum absolute atomic E-state index is 5.92. The highest BCUT2D eigenvalue weighted by Gasteiger charge is 2.17. The Hall–Kier alpha value is -0.540. The van der Waals surface area contributed by atoms with E-state index in [9.17, 15) is 0 Å². The van der Waals surface area contributed by atoms with E-state index in [4.69, 9.17) is 5.73 Å². The van der Waals surface area contributed by atoms with Crippen molar-refractivity contribution >= 4 is 21.6 Å². The first kappa shape index (κ1) is 12.9. The largest absolute Gasteiger partial charge is 0.385 e. The monoisotopic (exact) mass is 296 g/mol. The van der Waals surface area contributed by atoms with Crippen LogP contribution in [-0.4, -0.2) is 12.6 Å². The molecule has 0 unspecified atom stereocenters. The van der Waals surface area contributed by atoms with Crippen LogP contribution in [0.4, 0.5) is 5.69 Å². The smallest absolute Gasteiger partial charge is 0.0343 e. The zero-order chi connectivity index (χ0) is 12.3. The van der Waals surface area contributed by atoms with Crippen LogP contribution in [0.5, 0.6) is 0 Å². The molecule has 1 saturated carbocycles. The van der Waals surface area contributed by atoms with Gasteiger partial charge in [-0.1, -0.05) is 15.9 Å². The SMILES string of the molecule is Cc1cc(NCC2CCC(N)CC2)ccc1Br. The van der Waals surface area contributed by atoms with Gasteiger partial charge in [0.05, 0.1) is 0 Å². The Labute approximate surface area is 112 Å². The van der Waals surface area contributed by atoms with Gasteiger partial charge in [-0.2, -0.15) is 0 Å². The molecule has 94 valence electrons. The Kier molecular flexibility index (Phi) is 4.46. The minimum absolute atomic E-state index is 0.446. The molecule has 2 nitrogen and oxygen atoms in total. The van der Waals surface area contributed by atoms with Crippen LogP contribution < -0.4 is 11.1 Å². The van der Waals surface area contributed by atoms with Gasteiger partial charge in [0.1, 0.15) is 0 Å². The molecule has 1 fully saturated rings. The molecular formula is C14H21BrN2. The molecule has 0 aliphatic heterocycles. The number of nitrogens with two attached hydrogens (primary N) is 1. The van der Waals surface area contributed by atoms with Crippen molar-refractivity contribution < 1.29 is 0 Å². The second-order valence-electron chi connectivity index (χ2n) is 5.13. The van der Waals surface area contributed by atoms with Crippen LogP contribution in [0.15, 0.2) is 22.7 Å².